The van der Waals surface area contributed by atoms with E-state index in [2.05, 4.69) is 10.4 Å². The van der Waals surface area contributed by atoms with Gasteiger partial charge in [0.25, 0.3) is 5.91 Å². The van der Waals surface area contributed by atoms with Gasteiger partial charge in [-0.3, -0.25) is 4.79 Å². The molecule has 1 heterocycles. The summed E-state index contributed by atoms with van der Waals surface area (Å²) in [5.74, 6) is -0.646. The minimum Gasteiger partial charge on any atom is -0.387 e. The summed E-state index contributed by atoms with van der Waals surface area (Å²) in [6.07, 6.45) is 2.74. The van der Waals surface area contributed by atoms with Gasteiger partial charge in [0.2, 0.25) is 0 Å². The molecule has 0 unspecified atom stereocenters. The molecule has 2 aromatic carbocycles. The maximum absolute atomic E-state index is 13.3. The van der Waals surface area contributed by atoms with Crippen molar-refractivity contribution in [3.63, 3.8) is 0 Å². The third kappa shape index (κ3) is 4.18. The average molecular weight is 414 g/mol. The van der Waals surface area contributed by atoms with Crippen molar-refractivity contribution in [3.05, 3.63) is 81.9 Å². The molecule has 0 aliphatic heterocycles. The normalized spacial score (nSPS) is 14.3. The summed E-state index contributed by atoms with van der Waals surface area (Å²) < 4.78 is 15.0. The smallest absolute Gasteiger partial charge is 0.272 e. The van der Waals surface area contributed by atoms with Gasteiger partial charge in [-0.05, 0) is 67.6 Å². The quantitative estimate of drug-likeness (QED) is 0.664. The van der Waals surface area contributed by atoms with Crippen LogP contribution in [-0.2, 0) is 12.8 Å². The third-order valence-electron chi connectivity index (χ3n) is 5.16. The maximum Gasteiger partial charge on any atom is 0.272 e. The number of benzene rings is 2. The van der Waals surface area contributed by atoms with Crippen LogP contribution in [0, 0.1) is 5.82 Å². The van der Waals surface area contributed by atoms with Crippen LogP contribution in [0.4, 0.5) is 4.39 Å². The first-order chi connectivity index (χ1) is 14.0. The third-order valence-corrected chi connectivity index (χ3v) is 5.39. The fourth-order valence-corrected chi connectivity index (χ4v) is 3.88. The molecule has 1 aliphatic rings. The number of halogens is 2. The zero-order valence-corrected chi connectivity index (χ0v) is 16.5. The Balaban J connectivity index is 1.56. The lowest BCUT2D eigenvalue weighted by molar-refractivity contribution is 0.0910. The van der Waals surface area contributed by atoms with Gasteiger partial charge in [-0.1, -0.05) is 23.7 Å². The number of hydrogen-bond acceptors (Lipinski definition) is 3. The van der Waals surface area contributed by atoms with Crippen molar-refractivity contribution in [3.8, 4) is 5.69 Å². The lowest BCUT2D eigenvalue weighted by Gasteiger charge is -2.15. The standard InChI is InChI=1S/C22H21ClFN3O2/c23-15-5-3-4-14(12-15)20(28)13-25-22(29)21-18-6-1-2-7-19(18)27(26-21)17-10-8-16(24)9-11-17/h3-5,8-12,20,28H,1-2,6-7,13H2,(H,25,29)/t20-/m1/s1. The predicted octanol–water partition coefficient (Wildman–Crippen LogP) is 4.01. The number of nitrogens with zero attached hydrogens (tertiary/aromatic N) is 2. The molecule has 1 aliphatic carbocycles. The van der Waals surface area contributed by atoms with Crippen LogP contribution in [0.25, 0.3) is 5.69 Å². The van der Waals surface area contributed by atoms with Gasteiger partial charge in [0, 0.05) is 22.8 Å². The minimum absolute atomic E-state index is 0.0529. The molecule has 150 valence electrons. The second-order valence-electron chi connectivity index (χ2n) is 7.15. The van der Waals surface area contributed by atoms with E-state index in [9.17, 15) is 14.3 Å². The van der Waals surface area contributed by atoms with Crippen LogP contribution >= 0.6 is 11.6 Å². The number of nitrogens with one attached hydrogen (secondary N) is 1. The molecule has 5 nitrogen and oxygen atoms in total. The summed E-state index contributed by atoms with van der Waals surface area (Å²) >= 11 is 5.96. The van der Waals surface area contributed by atoms with Crippen LogP contribution in [0.15, 0.2) is 48.5 Å². The zero-order valence-electron chi connectivity index (χ0n) is 15.7. The molecule has 0 fully saturated rings. The molecule has 3 aromatic rings. The Morgan fingerprint density at radius 2 is 1.97 bits per heavy atom. The van der Waals surface area contributed by atoms with Crippen LogP contribution in [0.3, 0.4) is 0 Å². The van der Waals surface area contributed by atoms with E-state index >= 15 is 0 Å². The van der Waals surface area contributed by atoms with E-state index in [1.165, 1.54) is 12.1 Å². The summed E-state index contributed by atoms with van der Waals surface area (Å²) in [4.78, 5) is 12.8. The number of amides is 1. The van der Waals surface area contributed by atoms with E-state index in [4.69, 9.17) is 11.6 Å². The summed E-state index contributed by atoms with van der Waals surface area (Å²) in [6.45, 7) is 0.0529. The highest BCUT2D eigenvalue weighted by molar-refractivity contribution is 6.30. The largest absolute Gasteiger partial charge is 0.387 e. The number of hydrogen-bond donors (Lipinski definition) is 2. The number of aliphatic hydroxyl groups excluding tert-OH is 1. The zero-order chi connectivity index (χ0) is 20.4. The van der Waals surface area contributed by atoms with E-state index in [1.807, 2.05) is 0 Å². The van der Waals surface area contributed by atoms with E-state index in [1.54, 1.807) is 41.1 Å². The number of aromatic nitrogens is 2. The fourth-order valence-electron chi connectivity index (χ4n) is 3.68. The van der Waals surface area contributed by atoms with E-state index < -0.39 is 6.10 Å². The molecular formula is C22H21ClFN3O2. The van der Waals surface area contributed by atoms with Crippen LogP contribution in [0.5, 0.6) is 0 Å². The highest BCUT2D eigenvalue weighted by atomic mass is 35.5. The number of fused-ring (bicyclic) bond motifs is 1. The van der Waals surface area contributed by atoms with Crippen molar-refractivity contribution >= 4 is 17.5 Å². The summed E-state index contributed by atoms with van der Waals surface area (Å²) in [7, 11) is 0. The molecule has 0 spiro atoms. The van der Waals surface area contributed by atoms with Gasteiger partial charge in [0.05, 0.1) is 11.8 Å². The molecule has 0 radical (unpaired) electrons. The summed E-state index contributed by atoms with van der Waals surface area (Å²) in [5, 5.41) is 18.2. The molecule has 0 saturated carbocycles. The Morgan fingerprint density at radius 3 is 2.72 bits per heavy atom. The highest BCUT2D eigenvalue weighted by Gasteiger charge is 2.26. The molecule has 29 heavy (non-hydrogen) atoms. The summed E-state index contributed by atoms with van der Waals surface area (Å²) in [6, 6.07) is 13.0. The van der Waals surface area contributed by atoms with Crippen LogP contribution < -0.4 is 5.32 Å². The van der Waals surface area contributed by atoms with Crippen molar-refractivity contribution in [1.29, 1.82) is 0 Å². The van der Waals surface area contributed by atoms with Crippen LogP contribution in [0.2, 0.25) is 5.02 Å². The van der Waals surface area contributed by atoms with Gasteiger partial charge in [0.15, 0.2) is 5.69 Å². The van der Waals surface area contributed by atoms with Crippen LogP contribution in [0.1, 0.15) is 46.3 Å². The SMILES string of the molecule is O=C(NC[C@@H](O)c1cccc(Cl)c1)c1nn(-c2ccc(F)cc2)c2c1CCCC2. The molecule has 0 saturated heterocycles. The Labute approximate surface area is 173 Å². The van der Waals surface area contributed by atoms with Crippen LogP contribution in [-0.4, -0.2) is 27.3 Å². The average Bonchev–Trinajstić information content (AvgIpc) is 3.12. The first kappa shape index (κ1) is 19.6. The second-order valence-corrected chi connectivity index (χ2v) is 7.59. The Morgan fingerprint density at radius 1 is 1.21 bits per heavy atom. The topological polar surface area (TPSA) is 67.2 Å². The molecule has 4 rings (SSSR count). The Kier molecular flexibility index (Phi) is 5.65. The Hall–Kier alpha value is -2.70. The molecule has 1 amide bonds. The van der Waals surface area contributed by atoms with Gasteiger partial charge < -0.3 is 10.4 Å². The number of rotatable bonds is 5. The van der Waals surface area contributed by atoms with Gasteiger partial charge in [-0.2, -0.15) is 5.10 Å². The number of aliphatic hydroxyl groups is 1. The van der Waals surface area contributed by atoms with Crippen molar-refractivity contribution in [2.24, 2.45) is 0 Å². The number of carbonyl (C=O) groups excluding carboxylic acids is 1. The summed E-state index contributed by atoms with van der Waals surface area (Å²) in [5.41, 5.74) is 3.64. The van der Waals surface area contributed by atoms with E-state index in [0.717, 1.165) is 42.6 Å². The van der Waals surface area contributed by atoms with Gasteiger partial charge >= 0.3 is 0 Å². The van der Waals surface area contributed by atoms with Crippen molar-refractivity contribution in [1.82, 2.24) is 15.1 Å². The number of carbonyl (C=O) groups is 1. The van der Waals surface area contributed by atoms with Gasteiger partial charge in [-0.25, -0.2) is 9.07 Å². The second kappa shape index (κ2) is 8.35. The first-order valence-corrected chi connectivity index (χ1v) is 9.99. The predicted molar refractivity (Wildman–Crippen MR) is 109 cm³/mol. The molecular weight excluding hydrogens is 393 g/mol. The molecule has 1 aromatic heterocycles. The lowest BCUT2D eigenvalue weighted by Crippen LogP contribution is -2.29. The van der Waals surface area contributed by atoms with Crippen molar-refractivity contribution < 1.29 is 14.3 Å². The van der Waals surface area contributed by atoms with Crippen molar-refractivity contribution in [2.45, 2.75) is 31.8 Å². The molecule has 1 atom stereocenters. The van der Waals surface area contributed by atoms with E-state index in [-0.39, 0.29) is 18.3 Å². The lowest BCUT2D eigenvalue weighted by atomic mass is 9.95. The molecule has 7 heteroatoms. The Bertz CT molecular complexity index is 1030. The molecule has 2 N–H and O–H groups in total. The fraction of sp³-hybridized carbons (Fsp3) is 0.273. The van der Waals surface area contributed by atoms with Gasteiger partial charge in [0.1, 0.15) is 5.82 Å². The monoisotopic (exact) mass is 413 g/mol. The minimum atomic E-state index is -0.868. The van der Waals surface area contributed by atoms with E-state index in [0.29, 0.717) is 16.3 Å². The molecule has 0 bridgehead atoms. The highest BCUT2D eigenvalue weighted by Crippen LogP contribution is 2.27. The van der Waals surface area contributed by atoms with Gasteiger partial charge in [-0.15, -0.1) is 0 Å². The first-order valence-electron chi connectivity index (χ1n) is 9.61. The maximum atomic E-state index is 13.3. The van der Waals surface area contributed by atoms with Crippen molar-refractivity contribution in [2.75, 3.05) is 6.54 Å².